The highest BCUT2D eigenvalue weighted by molar-refractivity contribution is 6.11. The maximum atomic E-state index is 13.3. The highest BCUT2D eigenvalue weighted by atomic mass is 16.5. The molecule has 0 bridgehead atoms. The summed E-state index contributed by atoms with van der Waals surface area (Å²) >= 11 is 0. The second-order valence-electron chi connectivity index (χ2n) is 9.64. The van der Waals surface area contributed by atoms with E-state index in [2.05, 4.69) is 40.7 Å². The number of aliphatic imine (C=N–C) groups is 1. The number of esters is 1. The fourth-order valence-electron chi connectivity index (χ4n) is 4.47. The molecule has 1 amide bonds. The number of ether oxygens (including phenoxy) is 2. The first-order chi connectivity index (χ1) is 21.0. The number of amides is 1. The SMILES string of the molecule is C=CC(/N=C1/O/C(=C/c2ccc(N(c3ccccc3)c3ccccc3)cc2)C(=O)N1CC)=C(\C=C/C)C(=O)OCCCC. The van der Waals surface area contributed by atoms with Gasteiger partial charge < -0.3 is 14.4 Å². The monoisotopic (exact) mass is 575 g/mol. The predicted molar refractivity (Wildman–Crippen MR) is 173 cm³/mol. The lowest BCUT2D eigenvalue weighted by Crippen LogP contribution is -2.29. The second-order valence-corrected chi connectivity index (χ2v) is 9.64. The van der Waals surface area contributed by atoms with Crippen molar-refractivity contribution in [3.63, 3.8) is 0 Å². The van der Waals surface area contributed by atoms with Crippen molar-refractivity contribution in [2.75, 3.05) is 18.1 Å². The predicted octanol–water partition coefficient (Wildman–Crippen LogP) is 8.09. The van der Waals surface area contributed by atoms with Crippen LogP contribution in [0.3, 0.4) is 0 Å². The number of likely N-dealkylation sites (N-methyl/N-ethyl adjacent to an activating group) is 1. The van der Waals surface area contributed by atoms with Gasteiger partial charge in [-0.25, -0.2) is 4.79 Å². The van der Waals surface area contributed by atoms with Crippen molar-refractivity contribution in [3.05, 3.63) is 132 Å². The fourth-order valence-corrected chi connectivity index (χ4v) is 4.47. The summed E-state index contributed by atoms with van der Waals surface area (Å²) in [5.74, 6) is -0.686. The number of nitrogens with zero attached hydrogens (tertiary/aromatic N) is 3. The van der Waals surface area contributed by atoms with Crippen molar-refractivity contribution >= 4 is 41.0 Å². The Bertz CT molecular complexity index is 1500. The Balaban J connectivity index is 1.63. The molecule has 7 nitrogen and oxygen atoms in total. The number of allylic oxidation sites excluding steroid dienone is 2. The van der Waals surface area contributed by atoms with Crippen LogP contribution in [0.25, 0.3) is 6.08 Å². The van der Waals surface area contributed by atoms with Crippen LogP contribution in [0.5, 0.6) is 0 Å². The number of para-hydroxylation sites is 2. The fraction of sp³-hybridized carbons (Fsp3) is 0.194. The maximum absolute atomic E-state index is 13.3. The van der Waals surface area contributed by atoms with E-state index in [1.807, 2.05) is 74.5 Å². The summed E-state index contributed by atoms with van der Waals surface area (Å²) in [4.78, 5) is 34.1. The molecular weight excluding hydrogens is 538 g/mol. The molecule has 3 aromatic carbocycles. The molecule has 1 fully saturated rings. The van der Waals surface area contributed by atoms with Gasteiger partial charge in [0.05, 0.1) is 17.9 Å². The minimum absolute atomic E-state index is 0.0768. The molecule has 1 aliphatic rings. The molecule has 0 saturated carbocycles. The number of anilines is 3. The topological polar surface area (TPSA) is 71.4 Å². The highest BCUT2D eigenvalue weighted by Crippen LogP contribution is 2.34. The first kappa shape index (κ1) is 30.8. The number of carbonyl (C=O) groups is 2. The van der Waals surface area contributed by atoms with E-state index in [1.54, 1.807) is 25.2 Å². The first-order valence-corrected chi connectivity index (χ1v) is 14.5. The van der Waals surface area contributed by atoms with E-state index in [9.17, 15) is 9.59 Å². The molecule has 0 aromatic heterocycles. The molecule has 0 radical (unpaired) electrons. The number of unbranched alkanes of at least 4 members (excludes halogenated alkanes) is 1. The third-order valence-corrected chi connectivity index (χ3v) is 6.65. The van der Waals surface area contributed by atoms with Gasteiger partial charge in [-0.05, 0) is 80.5 Å². The summed E-state index contributed by atoms with van der Waals surface area (Å²) in [5.41, 5.74) is 4.33. The third-order valence-electron chi connectivity index (χ3n) is 6.65. The zero-order chi connectivity index (χ0) is 30.6. The number of rotatable bonds is 12. The molecule has 0 aliphatic carbocycles. The standard InChI is InChI=1S/C36H37N3O4/c1-5-9-25-42-35(41)31(16-6-2)32(7-3)37-36-38(8-4)34(40)33(43-36)26-27-21-23-30(24-22-27)39(28-17-12-10-13-18-28)29-19-14-11-15-20-29/h6-7,10-24,26H,3,5,8-9,25H2,1-2,4H3/b16-6-,32-31-,33-26+,37-36+. The van der Waals surface area contributed by atoms with Gasteiger partial charge in [-0.15, -0.1) is 0 Å². The van der Waals surface area contributed by atoms with Crippen molar-refractivity contribution in [1.82, 2.24) is 4.90 Å². The van der Waals surface area contributed by atoms with Gasteiger partial charge in [0.25, 0.3) is 5.91 Å². The lowest BCUT2D eigenvalue weighted by molar-refractivity contribution is -0.138. The highest BCUT2D eigenvalue weighted by Gasteiger charge is 2.34. The van der Waals surface area contributed by atoms with Crippen molar-refractivity contribution in [1.29, 1.82) is 0 Å². The Morgan fingerprint density at radius 2 is 1.56 bits per heavy atom. The Morgan fingerprint density at radius 3 is 2.09 bits per heavy atom. The van der Waals surface area contributed by atoms with E-state index < -0.39 is 5.97 Å². The van der Waals surface area contributed by atoms with Gasteiger partial charge in [0.2, 0.25) is 0 Å². The molecule has 0 N–H and O–H groups in total. The van der Waals surface area contributed by atoms with E-state index >= 15 is 0 Å². The van der Waals surface area contributed by atoms with E-state index in [-0.39, 0.29) is 29.0 Å². The number of hydrogen-bond acceptors (Lipinski definition) is 6. The van der Waals surface area contributed by atoms with Crippen LogP contribution >= 0.6 is 0 Å². The summed E-state index contributed by atoms with van der Waals surface area (Å²) in [6.45, 7) is 10.1. The van der Waals surface area contributed by atoms with Crippen molar-refractivity contribution < 1.29 is 19.1 Å². The van der Waals surface area contributed by atoms with Gasteiger partial charge >= 0.3 is 12.0 Å². The second kappa shape index (κ2) is 15.2. The molecule has 1 saturated heterocycles. The van der Waals surface area contributed by atoms with Crippen LogP contribution < -0.4 is 4.90 Å². The van der Waals surface area contributed by atoms with Crippen LogP contribution in [0.4, 0.5) is 17.1 Å². The zero-order valence-corrected chi connectivity index (χ0v) is 24.9. The molecule has 0 spiro atoms. The lowest BCUT2D eigenvalue weighted by Gasteiger charge is -2.25. The van der Waals surface area contributed by atoms with E-state index in [0.717, 1.165) is 35.5 Å². The average molecular weight is 576 g/mol. The molecule has 3 aromatic rings. The molecule has 0 atom stereocenters. The summed E-state index contributed by atoms with van der Waals surface area (Å²) in [6.07, 6.45) is 8.16. The van der Waals surface area contributed by atoms with Gasteiger partial charge in [-0.3, -0.25) is 9.69 Å². The lowest BCUT2D eigenvalue weighted by atomic mass is 10.1. The van der Waals surface area contributed by atoms with Crippen molar-refractivity contribution in [3.8, 4) is 0 Å². The summed E-state index contributed by atoms with van der Waals surface area (Å²) in [7, 11) is 0. The number of amidine groups is 1. The molecular formula is C36H37N3O4. The quantitative estimate of drug-likeness (QED) is 0.0945. The van der Waals surface area contributed by atoms with Crippen molar-refractivity contribution in [2.24, 2.45) is 4.99 Å². The third kappa shape index (κ3) is 7.57. The largest absolute Gasteiger partial charge is 0.462 e. The molecule has 220 valence electrons. The number of benzene rings is 3. The van der Waals surface area contributed by atoms with Gasteiger partial charge in [-0.1, -0.05) is 74.5 Å². The van der Waals surface area contributed by atoms with Crippen LogP contribution in [0.1, 0.15) is 39.2 Å². The number of hydrogen-bond donors (Lipinski definition) is 0. The van der Waals surface area contributed by atoms with Crippen LogP contribution in [0.2, 0.25) is 0 Å². The van der Waals surface area contributed by atoms with Gasteiger partial charge in [0.15, 0.2) is 5.76 Å². The Morgan fingerprint density at radius 1 is 0.953 bits per heavy atom. The Labute approximate surface area is 253 Å². The molecule has 1 heterocycles. The van der Waals surface area contributed by atoms with E-state index in [1.165, 1.54) is 11.0 Å². The van der Waals surface area contributed by atoms with Crippen LogP contribution in [-0.4, -0.2) is 35.9 Å². The van der Waals surface area contributed by atoms with Gasteiger partial charge in [0.1, 0.15) is 0 Å². The van der Waals surface area contributed by atoms with Gasteiger partial charge in [0, 0.05) is 23.6 Å². The zero-order valence-electron chi connectivity index (χ0n) is 24.9. The maximum Gasteiger partial charge on any atom is 0.340 e. The minimum atomic E-state index is -0.505. The van der Waals surface area contributed by atoms with Crippen LogP contribution in [0.15, 0.2) is 132 Å². The summed E-state index contributed by atoms with van der Waals surface area (Å²) in [5, 5.41) is 0. The first-order valence-electron chi connectivity index (χ1n) is 14.5. The Hall–Kier alpha value is -5.17. The van der Waals surface area contributed by atoms with Crippen molar-refractivity contribution in [2.45, 2.75) is 33.6 Å². The van der Waals surface area contributed by atoms with E-state index in [0.29, 0.717) is 13.2 Å². The summed E-state index contributed by atoms with van der Waals surface area (Å²) in [6, 6.07) is 28.2. The number of carbonyl (C=O) groups excluding carboxylic acids is 2. The summed E-state index contributed by atoms with van der Waals surface area (Å²) < 4.78 is 11.4. The normalized spacial score (nSPS) is 15.5. The molecule has 43 heavy (non-hydrogen) atoms. The van der Waals surface area contributed by atoms with Crippen LogP contribution in [-0.2, 0) is 19.1 Å². The molecule has 1 aliphatic heterocycles. The molecule has 0 unspecified atom stereocenters. The average Bonchev–Trinajstić information content (AvgIpc) is 3.33. The van der Waals surface area contributed by atoms with Crippen LogP contribution in [0, 0.1) is 0 Å². The molecule has 4 rings (SSSR count). The van der Waals surface area contributed by atoms with E-state index in [4.69, 9.17) is 9.47 Å². The van der Waals surface area contributed by atoms with Gasteiger partial charge in [-0.2, -0.15) is 4.99 Å². The smallest absolute Gasteiger partial charge is 0.340 e. The molecule has 7 heteroatoms. The Kier molecular flexibility index (Phi) is 10.9. The minimum Gasteiger partial charge on any atom is -0.462 e.